The molecule has 0 spiro atoms. The summed E-state index contributed by atoms with van der Waals surface area (Å²) >= 11 is 6.70. The first kappa shape index (κ1) is 37.3. The highest BCUT2D eigenvalue weighted by Crippen LogP contribution is 2.23. The number of thiocarbonyl (C=S) groups is 1. The molecular formula is C31H43N6O2S2-. The third kappa shape index (κ3) is 16.9. The SMILES string of the molecule is CC(C)=NNc1ccccc1.CCOC(=O)C(C)SC(=S)N(N=C(C)C)c1ccccc1.NNc1ccccc1.[CH3-]. The molecule has 0 aliphatic carbocycles. The number of thioether (sulfide) groups is 1. The predicted octanol–water partition coefficient (Wildman–Crippen LogP) is 7.78. The van der Waals surface area contributed by atoms with Gasteiger partial charge in [-0.1, -0.05) is 78.6 Å². The summed E-state index contributed by atoms with van der Waals surface area (Å²) in [5.41, 5.74) is 10.2. The van der Waals surface area contributed by atoms with E-state index in [1.165, 1.54) is 11.8 Å². The van der Waals surface area contributed by atoms with Crippen LogP contribution in [0.15, 0.2) is 101 Å². The van der Waals surface area contributed by atoms with Crippen LogP contribution in [-0.2, 0) is 9.53 Å². The molecule has 10 heteroatoms. The van der Waals surface area contributed by atoms with Crippen molar-refractivity contribution < 1.29 is 9.53 Å². The molecule has 0 saturated heterocycles. The molecular weight excluding hydrogens is 553 g/mol. The van der Waals surface area contributed by atoms with Crippen molar-refractivity contribution in [2.45, 2.75) is 46.8 Å². The normalized spacial score (nSPS) is 9.93. The maximum absolute atomic E-state index is 11.7. The standard InChI is InChI=1S/C15H20N2O2S2.C9H12N2.C6H8N2.CH3/c1-5-19-14(18)12(4)21-15(20)17(16-11(2)3)13-9-7-6-8-10-13;1-8(2)10-11-9-6-4-3-5-7-9;7-8-6-4-2-1-3-5-6;/h6-10,12H,5H2,1-4H3;3-7,11H,1-2H3;1-5,8H,7H2;1H3/q;;;-1. The quantitative estimate of drug-likeness (QED) is 0.0606. The third-order valence-corrected chi connectivity index (χ3v) is 5.87. The molecule has 0 saturated carbocycles. The van der Waals surface area contributed by atoms with Crippen LogP contribution in [0.1, 0.15) is 41.5 Å². The number of hydrogen-bond donors (Lipinski definition) is 3. The van der Waals surface area contributed by atoms with Gasteiger partial charge < -0.3 is 17.6 Å². The minimum absolute atomic E-state index is 0. The summed E-state index contributed by atoms with van der Waals surface area (Å²) in [6.45, 7) is 11.6. The van der Waals surface area contributed by atoms with Gasteiger partial charge in [0.05, 0.1) is 18.0 Å². The fourth-order valence-corrected chi connectivity index (χ4v) is 4.00. The Balaban J connectivity index is 0.000000664. The molecule has 0 aliphatic heterocycles. The molecule has 1 atom stereocenters. The van der Waals surface area contributed by atoms with Crippen molar-refractivity contribution in [1.29, 1.82) is 0 Å². The first-order valence-electron chi connectivity index (χ1n) is 12.8. The third-order valence-electron chi connectivity index (χ3n) is 4.49. The summed E-state index contributed by atoms with van der Waals surface area (Å²) in [7, 11) is 0. The Morgan fingerprint density at radius 2 is 1.39 bits per heavy atom. The minimum Gasteiger partial charge on any atom is -0.465 e. The largest absolute Gasteiger partial charge is 0.465 e. The van der Waals surface area contributed by atoms with Gasteiger partial charge in [0.2, 0.25) is 0 Å². The topological polar surface area (TPSA) is 104 Å². The average molecular weight is 596 g/mol. The molecule has 0 amide bonds. The van der Waals surface area contributed by atoms with Crippen molar-refractivity contribution in [3.05, 3.63) is 98.4 Å². The van der Waals surface area contributed by atoms with Gasteiger partial charge in [0.25, 0.3) is 0 Å². The zero-order chi connectivity index (χ0) is 29.8. The number of anilines is 3. The van der Waals surface area contributed by atoms with Crippen LogP contribution in [0.4, 0.5) is 17.1 Å². The number of nitrogens with one attached hydrogen (secondary N) is 2. The van der Waals surface area contributed by atoms with Crippen LogP contribution in [0.25, 0.3) is 0 Å². The van der Waals surface area contributed by atoms with E-state index in [1.807, 2.05) is 119 Å². The van der Waals surface area contributed by atoms with E-state index < -0.39 is 0 Å². The highest BCUT2D eigenvalue weighted by Gasteiger charge is 2.21. The summed E-state index contributed by atoms with van der Waals surface area (Å²) < 4.78 is 5.51. The van der Waals surface area contributed by atoms with Gasteiger partial charge in [-0.3, -0.25) is 16.1 Å². The molecule has 0 radical (unpaired) electrons. The Bertz CT molecular complexity index is 1190. The Morgan fingerprint density at radius 3 is 1.80 bits per heavy atom. The van der Waals surface area contributed by atoms with E-state index in [0.717, 1.165) is 28.5 Å². The summed E-state index contributed by atoms with van der Waals surface area (Å²) in [6, 6.07) is 29.1. The summed E-state index contributed by atoms with van der Waals surface area (Å²) in [5, 5.41) is 9.81. The highest BCUT2D eigenvalue weighted by molar-refractivity contribution is 8.24. The fourth-order valence-electron chi connectivity index (χ4n) is 2.71. The van der Waals surface area contributed by atoms with E-state index in [4.69, 9.17) is 22.8 Å². The molecule has 4 N–H and O–H groups in total. The molecule has 3 rings (SSSR count). The lowest BCUT2D eigenvalue weighted by Crippen LogP contribution is -2.26. The van der Waals surface area contributed by atoms with Crippen molar-refractivity contribution in [2.75, 3.05) is 22.5 Å². The second kappa shape index (κ2) is 22.0. The number of hydrogen-bond acceptors (Lipinski definition) is 9. The second-order valence-electron chi connectivity index (χ2n) is 8.52. The van der Waals surface area contributed by atoms with Crippen LogP contribution >= 0.6 is 24.0 Å². The lowest BCUT2D eigenvalue weighted by molar-refractivity contribution is -0.142. The number of nitrogens with two attached hydrogens (primary N) is 1. The number of nitrogens with zero attached hydrogens (tertiary/aromatic N) is 3. The predicted molar refractivity (Wildman–Crippen MR) is 184 cm³/mol. The minimum atomic E-state index is -0.365. The van der Waals surface area contributed by atoms with Crippen molar-refractivity contribution >= 4 is 62.8 Å². The van der Waals surface area contributed by atoms with Crippen molar-refractivity contribution in [2.24, 2.45) is 16.0 Å². The van der Waals surface area contributed by atoms with Crippen LogP contribution < -0.4 is 21.7 Å². The van der Waals surface area contributed by atoms with Gasteiger partial charge in [0, 0.05) is 17.1 Å². The number of para-hydroxylation sites is 3. The van der Waals surface area contributed by atoms with Gasteiger partial charge in [-0.2, -0.15) is 10.2 Å². The molecule has 0 heterocycles. The summed E-state index contributed by atoms with van der Waals surface area (Å²) in [6.07, 6.45) is 0. The first-order valence-corrected chi connectivity index (χ1v) is 14.0. The molecule has 0 fully saturated rings. The number of benzene rings is 3. The van der Waals surface area contributed by atoms with Gasteiger partial charge in [0.1, 0.15) is 5.25 Å². The number of nitrogen functional groups attached to an aromatic ring is 1. The maximum atomic E-state index is 11.7. The van der Waals surface area contributed by atoms with E-state index in [0.29, 0.717) is 10.9 Å². The Hall–Kier alpha value is -3.73. The lowest BCUT2D eigenvalue weighted by Gasteiger charge is -2.21. The van der Waals surface area contributed by atoms with Gasteiger partial charge in [-0.25, -0.2) is 5.01 Å². The highest BCUT2D eigenvalue weighted by atomic mass is 32.2. The zero-order valence-corrected chi connectivity index (χ0v) is 26.6. The number of rotatable bonds is 8. The van der Waals surface area contributed by atoms with Crippen LogP contribution in [0.2, 0.25) is 0 Å². The molecule has 0 aliphatic rings. The molecule has 3 aromatic rings. The Morgan fingerprint density at radius 1 is 0.902 bits per heavy atom. The number of hydrazine groups is 1. The molecule has 41 heavy (non-hydrogen) atoms. The zero-order valence-electron chi connectivity index (χ0n) is 25.0. The van der Waals surface area contributed by atoms with E-state index in [-0.39, 0.29) is 18.6 Å². The molecule has 1 unspecified atom stereocenters. The molecule has 3 aromatic carbocycles. The van der Waals surface area contributed by atoms with E-state index >= 15 is 0 Å². The summed E-state index contributed by atoms with van der Waals surface area (Å²) in [4.78, 5) is 11.7. The van der Waals surface area contributed by atoms with E-state index in [1.54, 1.807) is 18.9 Å². The van der Waals surface area contributed by atoms with Crippen LogP contribution in [-0.4, -0.2) is 33.6 Å². The number of ether oxygens (including phenoxy) is 1. The van der Waals surface area contributed by atoms with Crippen molar-refractivity contribution in [1.82, 2.24) is 0 Å². The smallest absolute Gasteiger partial charge is 0.319 e. The van der Waals surface area contributed by atoms with Crippen LogP contribution in [0.3, 0.4) is 0 Å². The van der Waals surface area contributed by atoms with Crippen molar-refractivity contribution in [3.8, 4) is 0 Å². The van der Waals surface area contributed by atoms with Crippen molar-refractivity contribution in [3.63, 3.8) is 0 Å². The first-order chi connectivity index (χ1) is 19.2. The second-order valence-corrected chi connectivity index (χ2v) is 10.5. The van der Waals surface area contributed by atoms with Gasteiger partial charge in [0.15, 0.2) is 4.32 Å². The Kier molecular flexibility index (Phi) is 20.0. The van der Waals surface area contributed by atoms with Crippen LogP contribution in [0.5, 0.6) is 0 Å². The molecule has 0 bridgehead atoms. The number of carbonyl (C=O) groups is 1. The van der Waals surface area contributed by atoms with Gasteiger partial charge >= 0.3 is 5.97 Å². The fraction of sp³-hybridized carbons (Fsp3) is 0.258. The monoisotopic (exact) mass is 595 g/mol. The maximum Gasteiger partial charge on any atom is 0.319 e. The number of esters is 1. The van der Waals surface area contributed by atoms with Crippen LogP contribution in [0, 0.1) is 7.43 Å². The molecule has 0 aromatic heterocycles. The number of hydrazone groups is 2. The van der Waals surface area contributed by atoms with Gasteiger partial charge in [-0.05, 0) is 77.9 Å². The van der Waals surface area contributed by atoms with Gasteiger partial charge in [-0.15, -0.1) is 0 Å². The Labute approximate surface area is 255 Å². The molecule has 8 nitrogen and oxygen atoms in total. The average Bonchev–Trinajstić information content (AvgIpc) is 2.97. The summed E-state index contributed by atoms with van der Waals surface area (Å²) in [5.74, 6) is 4.83. The lowest BCUT2D eigenvalue weighted by atomic mass is 10.3. The van der Waals surface area contributed by atoms with E-state index in [2.05, 4.69) is 21.1 Å². The number of carbonyl (C=O) groups excluding carboxylic acids is 1. The molecule has 222 valence electrons. The van der Waals surface area contributed by atoms with E-state index in [9.17, 15) is 4.79 Å².